The zero-order valence-corrected chi connectivity index (χ0v) is 39.6. The van der Waals surface area contributed by atoms with Crippen LogP contribution in [0.3, 0.4) is 0 Å². The molecule has 4 aliphatic heterocycles. The van der Waals surface area contributed by atoms with Gasteiger partial charge < -0.3 is 160 Å². The molecule has 6 aliphatic rings. The van der Waals surface area contributed by atoms with Gasteiger partial charge in [-0.3, -0.25) is 10.2 Å². The van der Waals surface area contributed by atoms with E-state index in [-0.39, 0.29) is 19.3 Å². The van der Waals surface area contributed by atoms with Gasteiger partial charge in [-0.1, -0.05) is 0 Å². The number of aldehydes is 1. The van der Waals surface area contributed by atoms with Crippen LogP contribution in [0, 0.1) is 5.41 Å². The molecular weight excluding hydrogens is 990 g/mol. The summed E-state index contributed by atoms with van der Waals surface area (Å²) < 4.78 is 45.1. The van der Waals surface area contributed by atoms with Crippen LogP contribution in [0.25, 0.3) is 0 Å². The predicted molar refractivity (Wildman–Crippen MR) is 240 cm³/mol. The summed E-state index contributed by atoms with van der Waals surface area (Å²) in [6.07, 6.45) is -33.8. The number of aliphatic hydroxyl groups is 14. The maximum absolute atomic E-state index is 12.1. The van der Waals surface area contributed by atoms with E-state index in [1.54, 1.807) is 0 Å². The second kappa shape index (κ2) is 25.5. The van der Waals surface area contributed by atoms with Crippen molar-refractivity contribution in [2.24, 2.45) is 45.1 Å². The van der Waals surface area contributed by atoms with E-state index in [0.29, 0.717) is 0 Å². The summed E-state index contributed by atoms with van der Waals surface area (Å²) in [5, 5.41) is 157. The number of rotatable bonds is 15. The van der Waals surface area contributed by atoms with Crippen LogP contribution in [0.1, 0.15) is 13.3 Å². The van der Waals surface area contributed by atoms with Gasteiger partial charge in [-0.2, -0.15) is 0 Å². The van der Waals surface area contributed by atoms with Crippen LogP contribution < -0.4 is 50.8 Å². The van der Waals surface area contributed by atoms with Gasteiger partial charge >= 0.3 is 0 Å². The summed E-state index contributed by atoms with van der Waals surface area (Å²) in [7, 11) is 1.42. The first-order chi connectivity index (χ1) is 34.2. The molecule has 6 rings (SSSR count). The molecule has 34 nitrogen and oxygen atoms in total. The molecule has 0 unspecified atom stereocenters. The lowest BCUT2D eigenvalue weighted by Gasteiger charge is -2.48. The van der Waals surface area contributed by atoms with E-state index >= 15 is 0 Å². The molecule has 4 heterocycles. The first-order valence-electron chi connectivity index (χ1n) is 23.2. The van der Waals surface area contributed by atoms with Crippen molar-refractivity contribution in [3.8, 4) is 0 Å². The highest BCUT2D eigenvalue weighted by molar-refractivity contribution is 5.76. The normalized spacial score (nSPS) is 50.3. The molecule has 2 aliphatic carbocycles. The van der Waals surface area contributed by atoms with Crippen molar-refractivity contribution in [1.82, 2.24) is 10.6 Å². The lowest BCUT2D eigenvalue weighted by molar-refractivity contribution is -0.332. The van der Waals surface area contributed by atoms with Crippen LogP contribution in [-0.2, 0) is 42.7 Å². The molecule has 0 spiro atoms. The molecule has 0 radical (unpaired) electrons. The third-order valence-corrected chi connectivity index (χ3v) is 13.9. The molecule has 6 fully saturated rings. The van der Waals surface area contributed by atoms with Gasteiger partial charge in [-0.25, -0.2) is 4.99 Å². The number of likely N-dealkylation sites (N-methyl/N-ethyl adjacent to an activating group) is 1. The van der Waals surface area contributed by atoms with Crippen LogP contribution >= 0.6 is 0 Å². The first-order valence-corrected chi connectivity index (χ1v) is 23.2. The Balaban J connectivity index is 0.000000276. The Hall–Kier alpha value is -2.87. The highest BCUT2D eigenvalue weighted by atomic mass is 16.8. The number of aliphatic hydroxyl groups excluding tert-OH is 13. The second-order valence-electron chi connectivity index (χ2n) is 18.7. The fraction of sp³-hybridized carbons (Fsp3) is 0.923. The number of nitrogens with one attached hydrogen (secondary N) is 3. The number of ether oxygens (including phenoxy) is 8. The van der Waals surface area contributed by atoms with Crippen LogP contribution in [-0.4, -0.2) is 299 Å². The standard InChI is InChI=1S/C21H39N7O12.C18H36N4O11/c1-5-21(36,4-30)16(40-17-9(26-2)13(34)10(31)6(3-29)38-17)18(37-5)39-15-8(28-20(24)25)11(32)7(27-19(22)23)12(33)14(15)35;19-2-6-10(25)12(27)13(28)18(30-6)33-16-5(21)1-4(20)15(14(16)29)32-17-11(26)8(22)9(24)7(3-23)31-17/h4-18,26,29,31-36H,3H2,1-2H3,(H4,22,23,27)(H4,24,25,28);4-18,23-29H,1-3,19-22H2/t5-,6-,7-,8+,9-,10-,11-,12+,13-,14-,15-,16-,17-,18-,21+;4-,5+,6-,7-,8+,9-,10-,11-,12+,13-,14-,15+,16-,17-,18-/m11/s1. The Labute approximate surface area is 416 Å². The predicted octanol–water partition coefficient (Wildman–Crippen LogP) is -15.2. The minimum Gasteiger partial charge on any atom is -0.394 e. The van der Waals surface area contributed by atoms with E-state index in [0.717, 1.165) is 0 Å². The van der Waals surface area contributed by atoms with Crippen molar-refractivity contribution in [1.29, 1.82) is 5.41 Å². The molecule has 0 aromatic carbocycles. The molecule has 0 amide bonds. The van der Waals surface area contributed by atoms with Crippen LogP contribution in [0.15, 0.2) is 4.99 Å². The second-order valence-corrected chi connectivity index (χ2v) is 18.7. The Morgan fingerprint density at radius 2 is 1.15 bits per heavy atom. The minimum absolute atomic E-state index is 0.0849. The SMILES string of the molecule is CN[C@H]1[C@@H](O[C@@H]2[C@@H](O[C@H]3[C@H](O)[C@@H](O)[C@H](NC(=N)N)[C@@H](O)[C@@H]3N=C(N)N)O[C@H](C)[C@@]2(O)C=O)O[C@H](CO)[C@@H](O)[C@@H]1O.NC[C@H]1O[C@H](O[C@H]2[C@H](O)[C@@H](O[C@H]3O[C@H](CO)[C@@H](O)[C@H](N)[C@H]3O)[C@H](N)C[C@@H]2N)[C@H](O)[C@@H](O)[C@@H]1O. The lowest BCUT2D eigenvalue weighted by atomic mass is 9.81. The van der Waals surface area contributed by atoms with Gasteiger partial charge in [0.2, 0.25) is 0 Å². The van der Waals surface area contributed by atoms with Gasteiger partial charge in [0.25, 0.3) is 0 Å². The van der Waals surface area contributed by atoms with E-state index in [2.05, 4.69) is 15.6 Å². The van der Waals surface area contributed by atoms with Gasteiger partial charge in [0.15, 0.2) is 49.0 Å². The largest absolute Gasteiger partial charge is 0.394 e. The topological polar surface area (TPSA) is 617 Å². The summed E-state index contributed by atoms with van der Waals surface area (Å²) in [6, 6.07) is -6.88. The smallest absolute Gasteiger partial charge is 0.188 e. The molecule has 0 bridgehead atoms. The zero-order chi connectivity index (χ0) is 54.7. The number of aliphatic imine (C=N–C) groups is 1. The summed E-state index contributed by atoms with van der Waals surface area (Å²) in [6.45, 7) is -0.147. The number of carbonyl (C=O) groups excluding carboxylic acids is 1. The monoisotopic (exact) mass is 1070 g/mol. The number of nitrogens with zero attached hydrogens (tertiary/aromatic N) is 1. The van der Waals surface area contributed by atoms with Crippen molar-refractivity contribution in [3.63, 3.8) is 0 Å². The molecule has 0 aromatic heterocycles. The highest BCUT2D eigenvalue weighted by Crippen LogP contribution is 2.39. The van der Waals surface area contributed by atoms with E-state index < -0.39 is 208 Å². The lowest BCUT2D eigenvalue weighted by Crippen LogP contribution is -2.70. The molecule has 73 heavy (non-hydrogen) atoms. The highest BCUT2D eigenvalue weighted by Gasteiger charge is 2.61. The molecule has 0 aromatic rings. The van der Waals surface area contributed by atoms with Crippen molar-refractivity contribution in [2.75, 3.05) is 26.8 Å². The fourth-order valence-corrected chi connectivity index (χ4v) is 9.53. The van der Waals surface area contributed by atoms with Crippen LogP contribution in [0.2, 0.25) is 0 Å². The van der Waals surface area contributed by atoms with Crippen molar-refractivity contribution >= 4 is 18.2 Å². The number of nitrogens with two attached hydrogens (primary N) is 7. The van der Waals surface area contributed by atoms with Gasteiger partial charge in [0, 0.05) is 18.6 Å². The molecule has 30 atom stereocenters. The van der Waals surface area contributed by atoms with E-state index in [4.69, 9.17) is 83.4 Å². The van der Waals surface area contributed by atoms with Crippen molar-refractivity contribution < 1.29 is 114 Å². The van der Waals surface area contributed by atoms with Crippen LogP contribution in [0.4, 0.5) is 0 Å². The van der Waals surface area contributed by atoms with Crippen LogP contribution in [0.5, 0.6) is 0 Å². The van der Waals surface area contributed by atoms with Crippen molar-refractivity contribution in [3.05, 3.63) is 0 Å². The van der Waals surface area contributed by atoms with Gasteiger partial charge in [-0.05, 0) is 20.4 Å². The third-order valence-electron chi connectivity index (χ3n) is 13.9. The van der Waals surface area contributed by atoms with Gasteiger partial charge in [0.05, 0.1) is 37.4 Å². The maximum atomic E-state index is 12.1. The maximum Gasteiger partial charge on any atom is 0.188 e. The van der Waals surface area contributed by atoms with E-state index in [1.165, 1.54) is 14.0 Å². The Morgan fingerprint density at radius 1 is 0.644 bits per heavy atom. The average Bonchev–Trinajstić information content (AvgIpc) is 3.58. The van der Waals surface area contributed by atoms with Gasteiger partial charge in [0.1, 0.15) is 116 Å². The Bertz CT molecular complexity index is 1760. The van der Waals surface area contributed by atoms with Crippen molar-refractivity contribution in [2.45, 2.75) is 196 Å². The zero-order valence-electron chi connectivity index (χ0n) is 39.6. The minimum atomic E-state index is -2.39. The Morgan fingerprint density at radius 3 is 1.67 bits per heavy atom. The summed E-state index contributed by atoms with van der Waals surface area (Å²) in [4.78, 5) is 16.0. The molecule has 4 saturated heterocycles. The van der Waals surface area contributed by atoms with E-state index in [9.17, 15) is 76.3 Å². The molecule has 31 N–H and O–H groups in total. The molecule has 34 heteroatoms. The third kappa shape index (κ3) is 12.8. The summed E-state index contributed by atoms with van der Waals surface area (Å²) in [5.74, 6) is -1.16. The average molecular weight is 1070 g/mol. The van der Waals surface area contributed by atoms with Gasteiger partial charge in [-0.15, -0.1) is 0 Å². The number of guanidine groups is 2. The quantitative estimate of drug-likeness (QED) is 0.0411. The number of hydrogen-bond acceptors (Lipinski definition) is 30. The summed E-state index contributed by atoms with van der Waals surface area (Å²) in [5.41, 5.74) is 37.4. The van der Waals surface area contributed by atoms with E-state index in [1.807, 2.05) is 0 Å². The number of carbonyl (C=O) groups is 1. The Kier molecular flexibility index (Phi) is 21.3. The first kappa shape index (κ1) is 61.0. The number of hydrogen-bond donors (Lipinski definition) is 24. The fourth-order valence-electron chi connectivity index (χ4n) is 9.53. The molecule has 424 valence electrons. The molecular formula is C39H75N11O23. The molecule has 2 saturated carbocycles. The summed E-state index contributed by atoms with van der Waals surface area (Å²) >= 11 is 0.